The third kappa shape index (κ3) is 2.06. The van der Waals surface area contributed by atoms with E-state index in [1.54, 1.807) is 4.90 Å². The highest BCUT2D eigenvalue weighted by Gasteiger charge is 2.18. The highest BCUT2D eigenvalue weighted by atomic mass is 16.5. The van der Waals surface area contributed by atoms with Crippen molar-refractivity contribution in [3.05, 3.63) is 0 Å². The fourth-order valence-corrected chi connectivity index (χ4v) is 0.959. The number of urea groups is 1. The van der Waals surface area contributed by atoms with Gasteiger partial charge in [-0.1, -0.05) is 0 Å². The molecule has 1 aliphatic heterocycles. The average molecular weight is 160 g/mol. The van der Waals surface area contributed by atoms with Crippen LogP contribution in [0.5, 0.6) is 0 Å². The van der Waals surface area contributed by atoms with Crippen molar-refractivity contribution in [1.29, 1.82) is 0 Å². The van der Waals surface area contributed by atoms with Crippen LogP contribution in [-0.4, -0.2) is 54.6 Å². The van der Waals surface area contributed by atoms with E-state index in [1.165, 1.54) is 7.05 Å². The zero-order valence-corrected chi connectivity index (χ0v) is 6.49. The van der Waals surface area contributed by atoms with Crippen LogP contribution in [0.1, 0.15) is 0 Å². The van der Waals surface area contributed by atoms with Gasteiger partial charge in [0.15, 0.2) is 0 Å². The van der Waals surface area contributed by atoms with Gasteiger partial charge in [-0.05, 0) is 0 Å². The first-order chi connectivity index (χ1) is 5.22. The average Bonchev–Trinajstić information content (AvgIpc) is 2.05. The lowest BCUT2D eigenvalue weighted by atomic mass is 10.4. The molecule has 1 fully saturated rings. The highest BCUT2D eigenvalue weighted by molar-refractivity contribution is 5.72. The molecule has 1 rings (SSSR count). The molecule has 1 heterocycles. The van der Waals surface area contributed by atoms with Crippen LogP contribution in [0.25, 0.3) is 0 Å². The van der Waals surface area contributed by atoms with Gasteiger partial charge in [-0.3, -0.25) is 5.21 Å². The summed E-state index contributed by atoms with van der Waals surface area (Å²) in [5, 5.41) is 9.36. The zero-order valence-electron chi connectivity index (χ0n) is 6.49. The van der Waals surface area contributed by atoms with Crippen LogP contribution in [0, 0.1) is 0 Å². The molecular weight excluding hydrogens is 148 g/mol. The van der Waals surface area contributed by atoms with Crippen molar-refractivity contribution in [2.24, 2.45) is 0 Å². The van der Waals surface area contributed by atoms with Crippen LogP contribution < -0.4 is 0 Å². The Kier molecular flexibility index (Phi) is 2.67. The standard InChI is InChI=1S/C6H12N2O3/c1-7(10)6(9)8-2-4-11-5-3-8/h10H,2-5H2,1H3. The molecule has 0 radical (unpaired) electrons. The van der Waals surface area contributed by atoms with Crippen LogP contribution in [0.2, 0.25) is 0 Å². The van der Waals surface area contributed by atoms with E-state index in [9.17, 15) is 4.79 Å². The Morgan fingerprint density at radius 2 is 2.09 bits per heavy atom. The van der Waals surface area contributed by atoms with E-state index >= 15 is 0 Å². The molecule has 64 valence electrons. The maximum absolute atomic E-state index is 11.0. The number of amides is 2. The van der Waals surface area contributed by atoms with Gasteiger partial charge in [0, 0.05) is 20.1 Å². The van der Waals surface area contributed by atoms with E-state index in [1.807, 2.05) is 0 Å². The summed E-state index contributed by atoms with van der Waals surface area (Å²) in [6.07, 6.45) is 0. The molecule has 0 aromatic heterocycles. The lowest BCUT2D eigenvalue weighted by Crippen LogP contribution is -2.45. The summed E-state index contributed by atoms with van der Waals surface area (Å²) in [7, 11) is 1.32. The number of ether oxygens (including phenoxy) is 1. The van der Waals surface area contributed by atoms with Gasteiger partial charge in [-0.25, -0.2) is 9.86 Å². The molecule has 0 aromatic carbocycles. The third-order valence-electron chi connectivity index (χ3n) is 1.56. The number of carbonyl (C=O) groups is 1. The molecule has 0 aromatic rings. The number of rotatable bonds is 0. The first-order valence-corrected chi connectivity index (χ1v) is 3.51. The molecule has 0 spiro atoms. The van der Waals surface area contributed by atoms with Gasteiger partial charge in [0.25, 0.3) is 0 Å². The number of nitrogens with zero attached hydrogens (tertiary/aromatic N) is 2. The quantitative estimate of drug-likeness (QED) is 0.393. The summed E-state index contributed by atoms with van der Waals surface area (Å²) < 4.78 is 5.04. The first-order valence-electron chi connectivity index (χ1n) is 3.51. The van der Waals surface area contributed by atoms with Gasteiger partial charge < -0.3 is 9.64 Å². The largest absolute Gasteiger partial charge is 0.378 e. The Hall–Kier alpha value is -0.810. The minimum Gasteiger partial charge on any atom is -0.378 e. The molecule has 11 heavy (non-hydrogen) atoms. The molecule has 0 atom stereocenters. The van der Waals surface area contributed by atoms with E-state index in [4.69, 9.17) is 9.94 Å². The van der Waals surface area contributed by atoms with Crippen LogP contribution in [-0.2, 0) is 4.74 Å². The van der Waals surface area contributed by atoms with Gasteiger partial charge in [-0.15, -0.1) is 0 Å². The molecular formula is C6H12N2O3. The molecule has 5 nitrogen and oxygen atoms in total. The summed E-state index contributed by atoms with van der Waals surface area (Å²) in [5.41, 5.74) is 0. The maximum atomic E-state index is 11.0. The fraction of sp³-hybridized carbons (Fsp3) is 0.833. The van der Waals surface area contributed by atoms with Crippen molar-refractivity contribution < 1.29 is 14.7 Å². The molecule has 1 saturated heterocycles. The molecule has 0 bridgehead atoms. The van der Waals surface area contributed by atoms with Crippen molar-refractivity contribution >= 4 is 6.03 Å². The van der Waals surface area contributed by atoms with Crippen molar-refractivity contribution in [1.82, 2.24) is 9.96 Å². The lowest BCUT2D eigenvalue weighted by Gasteiger charge is -2.28. The monoisotopic (exact) mass is 160 g/mol. The molecule has 5 heteroatoms. The molecule has 1 N–H and O–H groups in total. The van der Waals surface area contributed by atoms with Crippen LogP contribution in [0.4, 0.5) is 4.79 Å². The number of hydrogen-bond donors (Lipinski definition) is 1. The SMILES string of the molecule is CN(O)C(=O)N1CCOCC1. The van der Waals surface area contributed by atoms with Crippen LogP contribution in [0.3, 0.4) is 0 Å². The van der Waals surface area contributed by atoms with E-state index in [0.717, 1.165) is 0 Å². The molecule has 0 aliphatic carbocycles. The molecule has 0 unspecified atom stereocenters. The van der Waals surface area contributed by atoms with Gasteiger partial charge in [0.05, 0.1) is 13.2 Å². The number of hydroxylamine groups is 2. The summed E-state index contributed by atoms with van der Waals surface area (Å²) in [5.74, 6) is 0. The Balaban J connectivity index is 2.39. The number of morpholine rings is 1. The normalized spacial score (nSPS) is 18.2. The Labute approximate surface area is 65.1 Å². The van der Waals surface area contributed by atoms with E-state index in [0.29, 0.717) is 31.4 Å². The second-order valence-corrected chi connectivity index (χ2v) is 2.41. The van der Waals surface area contributed by atoms with Gasteiger partial charge >= 0.3 is 6.03 Å². The fourth-order valence-electron chi connectivity index (χ4n) is 0.959. The maximum Gasteiger partial charge on any atom is 0.343 e. The van der Waals surface area contributed by atoms with Crippen molar-refractivity contribution in [3.8, 4) is 0 Å². The van der Waals surface area contributed by atoms with Crippen LogP contribution in [0.15, 0.2) is 0 Å². The van der Waals surface area contributed by atoms with E-state index in [2.05, 4.69) is 0 Å². The Morgan fingerprint density at radius 3 is 2.55 bits per heavy atom. The predicted molar refractivity (Wildman–Crippen MR) is 37.3 cm³/mol. The third-order valence-corrected chi connectivity index (χ3v) is 1.56. The van der Waals surface area contributed by atoms with Crippen molar-refractivity contribution in [2.75, 3.05) is 33.4 Å². The zero-order chi connectivity index (χ0) is 8.27. The smallest absolute Gasteiger partial charge is 0.343 e. The highest BCUT2D eigenvalue weighted by Crippen LogP contribution is 1.99. The predicted octanol–water partition coefficient (Wildman–Crippen LogP) is -0.240. The Bertz CT molecular complexity index is 143. The van der Waals surface area contributed by atoms with Crippen LogP contribution >= 0.6 is 0 Å². The summed E-state index contributed by atoms with van der Waals surface area (Å²) in [6.45, 7) is 2.23. The van der Waals surface area contributed by atoms with Gasteiger partial charge in [0.1, 0.15) is 0 Å². The van der Waals surface area contributed by atoms with Crippen molar-refractivity contribution in [3.63, 3.8) is 0 Å². The summed E-state index contributed by atoms with van der Waals surface area (Å²) in [4.78, 5) is 12.6. The van der Waals surface area contributed by atoms with E-state index in [-0.39, 0.29) is 6.03 Å². The van der Waals surface area contributed by atoms with Crippen molar-refractivity contribution in [2.45, 2.75) is 0 Å². The summed E-state index contributed by atoms with van der Waals surface area (Å²) >= 11 is 0. The lowest BCUT2D eigenvalue weighted by molar-refractivity contribution is -0.0456. The molecule has 2 amide bonds. The second-order valence-electron chi connectivity index (χ2n) is 2.41. The van der Waals surface area contributed by atoms with Gasteiger partial charge in [-0.2, -0.15) is 0 Å². The molecule has 0 saturated carbocycles. The first kappa shape index (κ1) is 8.29. The van der Waals surface area contributed by atoms with E-state index < -0.39 is 0 Å². The number of carbonyl (C=O) groups excluding carboxylic acids is 1. The molecule has 1 aliphatic rings. The topological polar surface area (TPSA) is 53.0 Å². The second kappa shape index (κ2) is 3.54. The van der Waals surface area contributed by atoms with Gasteiger partial charge in [0.2, 0.25) is 0 Å². The minimum atomic E-state index is -0.367. The minimum absolute atomic E-state index is 0.367. The Morgan fingerprint density at radius 1 is 1.55 bits per heavy atom. The number of hydrogen-bond acceptors (Lipinski definition) is 3. The summed E-state index contributed by atoms with van der Waals surface area (Å²) in [6, 6.07) is -0.367.